The van der Waals surface area contributed by atoms with Gasteiger partial charge in [0.15, 0.2) is 0 Å². The van der Waals surface area contributed by atoms with Crippen LogP contribution in [0.15, 0.2) is 30.3 Å². The van der Waals surface area contributed by atoms with Crippen molar-refractivity contribution in [2.45, 2.75) is 37.8 Å². The first-order chi connectivity index (χ1) is 10.1. The van der Waals surface area contributed by atoms with Crippen molar-refractivity contribution in [2.24, 2.45) is 5.92 Å². The molecule has 2 unspecified atom stereocenters. The van der Waals surface area contributed by atoms with E-state index in [1.54, 1.807) is 0 Å². The summed E-state index contributed by atoms with van der Waals surface area (Å²) in [6.45, 7) is 0.140. The minimum absolute atomic E-state index is 0.140. The Bertz CT molecular complexity index is 544. The van der Waals surface area contributed by atoms with E-state index >= 15 is 0 Å². The predicted octanol–water partition coefficient (Wildman–Crippen LogP) is 2.51. The fourth-order valence-electron chi connectivity index (χ4n) is 3.43. The van der Waals surface area contributed by atoms with Crippen LogP contribution in [0.2, 0.25) is 0 Å². The Balaban J connectivity index is 1.62. The van der Waals surface area contributed by atoms with Crippen molar-refractivity contribution < 1.29 is 19.4 Å². The van der Waals surface area contributed by atoms with Crippen LogP contribution in [0, 0.1) is 11.8 Å². The first kappa shape index (κ1) is 13.9. The van der Waals surface area contributed by atoms with Gasteiger partial charge in [-0.2, -0.15) is 0 Å². The summed E-state index contributed by atoms with van der Waals surface area (Å²) in [6.07, 6.45) is 2.45. The number of rotatable bonds is 4. The van der Waals surface area contributed by atoms with Gasteiger partial charge in [0.05, 0.1) is 0 Å². The molecule has 2 N–H and O–H groups in total. The average Bonchev–Trinajstić information content (AvgIpc) is 3.07. The van der Waals surface area contributed by atoms with Gasteiger partial charge in [0, 0.05) is 5.92 Å². The third-order valence-electron chi connectivity index (χ3n) is 4.48. The molecule has 1 radical (unpaired) electrons. The fraction of sp³-hybridized carbons (Fsp3) is 0.438. The van der Waals surface area contributed by atoms with Gasteiger partial charge in [0.25, 0.3) is 0 Å². The Morgan fingerprint density at radius 2 is 2.10 bits per heavy atom. The molecule has 3 rings (SSSR count). The van der Waals surface area contributed by atoms with Crippen molar-refractivity contribution in [1.82, 2.24) is 5.32 Å². The van der Waals surface area contributed by atoms with Gasteiger partial charge in [-0.05, 0) is 37.2 Å². The first-order valence-electron chi connectivity index (χ1n) is 7.17. The lowest BCUT2D eigenvalue weighted by Crippen LogP contribution is -2.57. The Morgan fingerprint density at radius 1 is 1.33 bits per heavy atom. The predicted molar refractivity (Wildman–Crippen MR) is 75.3 cm³/mol. The van der Waals surface area contributed by atoms with Gasteiger partial charge in [0.2, 0.25) is 0 Å². The number of nitrogens with one attached hydrogen (secondary N) is 1. The second-order valence-corrected chi connectivity index (χ2v) is 5.81. The highest BCUT2D eigenvalue weighted by molar-refractivity contribution is 5.88. The molecule has 21 heavy (non-hydrogen) atoms. The van der Waals surface area contributed by atoms with E-state index in [0.717, 1.165) is 30.7 Å². The highest BCUT2D eigenvalue weighted by Gasteiger charge is 2.57. The molecule has 1 amide bonds. The lowest BCUT2D eigenvalue weighted by atomic mass is 9.81. The summed E-state index contributed by atoms with van der Waals surface area (Å²) in [5.41, 5.74) is -0.339. The third-order valence-corrected chi connectivity index (χ3v) is 4.48. The monoisotopic (exact) mass is 288 g/mol. The molecule has 0 saturated heterocycles. The van der Waals surface area contributed by atoms with Crippen LogP contribution in [0.4, 0.5) is 4.79 Å². The van der Waals surface area contributed by atoms with Crippen molar-refractivity contribution in [2.75, 3.05) is 0 Å². The molecule has 1 aromatic rings. The molecule has 0 aromatic heterocycles. The second kappa shape index (κ2) is 5.39. The maximum atomic E-state index is 11.9. The molecule has 0 heterocycles. The Hall–Kier alpha value is -2.04. The standard InChI is InChI=1S/C16H18NO4/c18-14(19)16(9-12-6-7-13(16)8-12)17-15(20)21-10-11-4-2-1-3-5-11/h1-5,12H,6-10H2,(H,17,20)(H,18,19). The van der Waals surface area contributed by atoms with E-state index in [1.165, 1.54) is 0 Å². The van der Waals surface area contributed by atoms with Gasteiger partial charge in [-0.15, -0.1) is 0 Å². The molecule has 5 nitrogen and oxygen atoms in total. The summed E-state index contributed by atoms with van der Waals surface area (Å²) in [5, 5.41) is 12.1. The summed E-state index contributed by atoms with van der Waals surface area (Å²) >= 11 is 0. The van der Waals surface area contributed by atoms with E-state index in [1.807, 2.05) is 30.3 Å². The normalized spacial score (nSPS) is 27.5. The largest absolute Gasteiger partial charge is 0.479 e. The number of carbonyl (C=O) groups excluding carboxylic acids is 1. The maximum absolute atomic E-state index is 11.9. The number of carboxylic acid groups (broad SMARTS) is 1. The van der Waals surface area contributed by atoms with E-state index < -0.39 is 17.6 Å². The Kier molecular flexibility index (Phi) is 3.57. The van der Waals surface area contributed by atoms with E-state index in [0.29, 0.717) is 12.3 Å². The smallest absolute Gasteiger partial charge is 0.408 e. The first-order valence-corrected chi connectivity index (χ1v) is 7.17. The van der Waals surface area contributed by atoms with Crippen molar-refractivity contribution in [1.29, 1.82) is 0 Å². The second-order valence-electron chi connectivity index (χ2n) is 5.81. The van der Waals surface area contributed by atoms with E-state index in [4.69, 9.17) is 4.74 Å². The van der Waals surface area contributed by atoms with Crippen LogP contribution in [0.5, 0.6) is 0 Å². The summed E-state index contributed by atoms with van der Waals surface area (Å²) in [4.78, 5) is 23.6. The lowest BCUT2D eigenvalue weighted by molar-refractivity contribution is -0.144. The molecule has 0 aliphatic heterocycles. The topological polar surface area (TPSA) is 75.6 Å². The molecule has 2 atom stereocenters. The highest BCUT2D eigenvalue weighted by atomic mass is 16.5. The number of benzene rings is 1. The van der Waals surface area contributed by atoms with Crippen LogP contribution < -0.4 is 5.32 Å². The van der Waals surface area contributed by atoms with Gasteiger partial charge in [-0.1, -0.05) is 30.3 Å². The minimum Gasteiger partial charge on any atom is -0.479 e. The van der Waals surface area contributed by atoms with Crippen LogP contribution in [-0.2, 0) is 16.1 Å². The zero-order valence-corrected chi connectivity index (χ0v) is 11.7. The number of alkyl carbamates (subject to hydrolysis) is 1. The molecule has 2 fully saturated rings. The highest BCUT2D eigenvalue weighted by Crippen LogP contribution is 2.52. The molecular formula is C16H18NO4. The number of carboxylic acids is 1. The van der Waals surface area contributed by atoms with E-state index in [2.05, 4.69) is 5.32 Å². The molecule has 1 aromatic carbocycles. The van der Waals surface area contributed by atoms with Crippen LogP contribution in [0.1, 0.15) is 31.2 Å². The zero-order chi connectivity index (χ0) is 14.9. The van der Waals surface area contributed by atoms with Gasteiger partial charge < -0.3 is 15.2 Å². The van der Waals surface area contributed by atoms with E-state index in [-0.39, 0.29) is 6.61 Å². The quantitative estimate of drug-likeness (QED) is 0.892. The average molecular weight is 288 g/mol. The number of hydrogen-bond acceptors (Lipinski definition) is 3. The van der Waals surface area contributed by atoms with Crippen LogP contribution >= 0.6 is 0 Å². The van der Waals surface area contributed by atoms with Crippen LogP contribution in [-0.4, -0.2) is 22.7 Å². The maximum Gasteiger partial charge on any atom is 0.408 e. The van der Waals surface area contributed by atoms with Gasteiger partial charge in [-0.3, -0.25) is 0 Å². The van der Waals surface area contributed by atoms with Crippen molar-refractivity contribution in [3.05, 3.63) is 41.8 Å². The van der Waals surface area contributed by atoms with Gasteiger partial charge >= 0.3 is 12.1 Å². The molecule has 2 aliphatic rings. The number of hydrogen-bond donors (Lipinski definition) is 2. The van der Waals surface area contributed by atoms with E-state index in [9.17, 15) is 14.7 Å². The van der Waals surface area contributed by atoms with Crippen molar-refractivity contribution >= 4 is 12.1 Å². The number of aliphatic carboxylic acids is 1. The Morgan fingerprint density at radius 3 is 2.67 bits per heavy atom. The Labute approximate surface area is 123 Å². The molecule has 2 aliphatic carbocycles. The zero-order valence-electron chi connectivity index (χ0n) is 11.7. The molecule has 111 valence electrons. The molecule has 2 bridgehead atoms. The molecule has 0 spiro atoms. The van der Waals surface area contributed by atoms with Crippen molar-refractivity contribution in [3.8, 4) is 0 Å². The summed E-state index contributed by atoms with van der Waals surface area (Å²) in [6, 6.07) is 9.32. The number of amides is 1. The van der Waals surface area contributed by atoms with Crippen LogP contribution in [0.3, 0.4) is 0 Å². The number of ether oxygens (including phenoxy) is 1. The minimum atomic E-state index is -1.21. The summed E-state index contributed by atoms with van der Waals surface area (Å²) < 4.78 is 5.15. The third kappa shape index (κ3) is 2.60. The van der Waals surface area contributed by atoms with Crippen molar-refractivity contribution in [3.63, 3.8) is 0 Å². The summed E-state index contributed by atoms with van der Waals surface area (Å²) in [5.74, 6) is 0.332. The SMILES string of the molecule is O=C(NC1(C(=O)O)CC2CC[C]1C2)OCc1ccccc1. The number of fused-ring (bicyclic) bond motifs is 2. The van der Waals surface area contributed by atoms with Gasteiger partial charge in [-0.25, -0.2) is 9.59 Å². The van der Waals surface area contributed by atoms with Crippen LogP contribution in [0.25, 0.3) is 0 Å². The lowest BCUT2D eigenvalue weighted by Gasteiger charge is -2.33. The van der Waals surface area contributed by atoms with Gasteiger partial charge in [0.1, 0.15) is 12.1 Å². The fourth-order valence-corrected chi connectivity index (χ4v) is 3.43. The number of carbonyl (C=O) groups is 2. The summed E-state index contributed by atoms with van der Waals surface area (Å²) in [7, 11) is 0. The molecular weight excluding hydrogens is 270 g/mol. The molecule has 5 heteroatoms. The molecule has 2 saturated carbocycles.